The third kappa shape index (κ3) is 6.91. The molecule has 5 heteroatoms. The van der Waals surface area contributed by atoms with Gasteiger partial charge in [0.2, 0.25) is 5.91 Å². The minimum Gasteiger partial charge on any atom is -0.336 e. The lowest BCUT2D eigenvalue weighted by Gasteiger charge is -2.30. The van der Waals surface area contributed by atoms with Crippen molar-refractivity contribution in [1.29, 1.82) is 0 Å². The molecule has 1 aromatic heterocycles. The smallest absolute Gasteiger partial charge is 0.234 e. The van der Waals surface area contributed by atoms with Crippen LogP contribution in [0.15, 0.2) is 85.2 Å². The number of likely N-dealkylation sites (N-methyl/N-ethyl adjacent to an activating group) is 1. The van der Waals surface area contributed by atoms with E-state index in [0.717, 1.165) is 36.3 Å². The summed E-state index contributed by atoms with van der Waals surface area (Å²) >= 11 is 0. The number of rotatable bonds is 10. The van der Waals surface area contributed by atoms with Crippen molar-refractivity contribution in [2.75, 3.05) is 26.2 Å². The summed E-state index contributed by atoms with van der Waals surface area (Å²) in [6.07, 6.45) is 3.61. The van der Waals surface area contributed by atoms with E-state index in [1.807, 2.05) is 83.9 Å². The normalized spacial score (nSPS) is 10.7. The molecule has 164 valence electrons. The molecule has 0 atom stereocenters. The maximum Gasteiger partial charge on any atom is 0.234 e. The van der Waals surface area contributed by atoms with Gasteiger partial charge in [-0.05, 0) is 35.8 Å². The Labute approximate surface area is 192 Å². The molecule has 0 aliphatic heterocycles. The number of carbonyl (C=O) groups excluding carboxylic acids is 1. The van der Waals surface area contributed by atoms with Crippen molar-refractivity contribution in [3.05, 3.63) is 102 Å². The van der Waals surface area contributed by atoms with E-state index in [1.165, 1.54) is 0 Å². The van der Waals surface area contributed by atoms with Crippen LogP contribution >= 0.6 is 12.4 Å². The molecular weight excluding hydrogens is 406 g/mol. The lowest BCUT2D eigenvalue weighted by Crippen LogP contribution is -2.40. The number of amides is 1. The third-order valence-corrected chi connectivity index (χ3v) is 5.50. The second-order valence-corrected chi connectivity index (χ2v) is 7.40. The molecule has 31 heavy (non-hydrogen) atoms. The zero-order chi connectivity index (χ0) is 21.2. The number of benzene rings is 2. The second kappa shape index (κ2) is 12.9. The Bertz CT molecular complexity index is 847. The fourth-order valence-corrected chi connectivity index (χ4v) is 3.73. The zero-order valence-electron chi connectivity index (χ0n) is 18.4. The lowest BCUT2D eigenvalue weighted by atomic mass is 9.90. The first-order valence-electron chi connectivity index (χ1n) is 10.7. The van der Waals surface area contributed by atoms with Crippen LogP contribution in [-0.2, 0) is 11.3 Å². The van der Waals surface area contributed by atoms with E-state index in [2.05, 4.69) is 23.7 Å². The summed E-state index contributed by atoms with van der Waals surface area (Å²) in [5.41, 5.74) is 3.09. The molecule has 1 heterocycles. The maximum absolute atomic E-state index is 13.9. The van der Waals surface area contributed by atoms with Gasteiger partial charge in [0.05, 0.1) is 5.92 Å². The first kappa shape index (κ1) is 24.6. The van der Waals surface area contributed by atoms with Crippen molar-refractivity contribution in [3.63, 3.8) is 0 Å². The summed E-state index contributed by atoms with van der Waals surface area (Å²) in [6.45, 7) is 8.38. The van der Waals surface area contributed by atoms with Gasteiger partial charge < -0.3 is 9.80 Å². The molecule has 3 aromatic rings. The van der Waals surface area contributed by atoms with Crippen molar-refractivity contribution in [2.45, 2.75) is 26.3 Å². The molecule has 0 unspecified atom stereocenters. The van der Waals surface area contributed by atoms with Crippen LogP contribution in [0.5, 0.6) is 0 Å². The highest BCUT2D eigenvalue weighted by atomic mass is 35.5. The lowest BCUT2D eigenvalue weighted by molar-refractivity contribution is -0.132. The summed E-state index contributed by atoms with van der Waals surface area (Å²) in [6, 6.07) is 24.1. The van der Waals surface area contributed by atoms with Crippen LogP contribution in [0.1, 0.15) is 36.5 Å². The number of hydrogen-bond acceptors (Lipinski definition) is 3. The van der Waals surface area contributed by atoms with E-state index in [0.29, 0.717) is 13.1 Å². The molecule has 0 N–H and O–H groups in total. The van der Waals surface area contributed by atoms with Crippen LogP contribution in [0.3, 0.4) is 0 Å². The molecule has 4 nitrogen and oxygen atoms in total. The number of carbonyl (C=O) groups is 1. The van der Waals surface area contributed by atoms with E-state index < -0.39 is 0 Å². The van der Waals surface area contributed by atoms with Gasteiger partial charge in [0.1, 0.15) is 0 Å². The van der Waals surface area contributed by atoms with Gasteiger partial charge in [0, 0.05) is 32.0 Å². The number of halogens is 1. The van der Waals surface area contributed by atoms with E-state index in [-0.39, 0.29) is 24.2 Å². The number of pyridine rings is 1. The first-order valence-corrected chi connectivity index (χ1v) is 10.7. The van der Waals surface area contributed by atoms with Crippen LogP contribution in [0.4, 0.5) is 0 Å². The van der Waals surface area contributed by atoms with Gasteiger partial charge in [-0.25, -0.2) is 0 Å². The van der Waals surface area contributed by atoms with Crippen LogP contribution < -0.4 is 0 Å². The van der Waals surface area contributed by atoms with Gasteiger partial charge in [0.15, 0.2) is 0 Å². The molecule has 0 radical (unpaired) electrons. The Hall–Kier alpha value is -2.69. The average molecular weight is 438 g/mol. The van der Waals surface area contributed by atoms with Crippen molar-refractivity contribution >= 4 is 18.3 Å². The average Bonchev–Trinajstić information content (AvgIpc) is 2.81. The van der Waals surface area contributed by atoms with Crippen molar-refractivity contribution in [3.8, 4) is 0 Å². The second-order valence-electron chi connectivity index (χ2n) is 7.40. The molecule has 0 fully saturated rings. The maximum atomic E-state index is 13.9. The van der Waals surface area contributed by atoms with Crippen LogP contribution in [-0.4, -0.2) is 46.9 Å². The molecule has 0 aliphatic carbocycles. The highest BCUT2D eigenvalue weighted by Crippen LogP contribution is 2.27. The molecule has 0 spiro atoms. The van der Waals surface area contributed by atoms with Gasteiger partial charge in [-0.1, -0.05) is 80.6 Å². The van der Waals surface area contributed by atoms with Crippen molar-refractivity contribution < 1.29 is 4.79 Å². The van der Waals surface area contributed by atoms with Gasteiger partial charge in [0.25, 0.3) is 0 Å². The molecular formula is C26H32ClN3O. The number of hydrogen-bond donors (Lipinski definition) is 0. The van der Waals surface area contributed by atoms with E-state index in [9.17, 15) is 4.79 Å². The molecule has 0 saturated carbocycles. The number of nitrogens with zero attached hydrogens (tertiary/aromatic N) is 3. The van der Waals surface area contributed by atoms with E-state index >= 15 is 0 Å². The zero-order valence-corrected chi connectivity index (χ0v) is 19.2. The predicted octanol–water partition coefficient (Wildman–Crippen LogP) is 5.01. The van der Waals surface area contributed by atoms with Crippen LogP contribution in [0, 0.1) is 0 Å². The topological polar surface area (TPSA) is 36.4 Å². The van der Waals surface area contributed by atoms with Crippen LogP contribution in [0.25, 0.3) is 0 Å². The van der Waals surface area contributed by atoms with Gasteiger partial charge >= 0.3 is 0 Å². The summed E-state index contributed by atoms with van der Waals surface area (Å²) in [5, 5.41) is 0. The van der Waals surface area contributed by atoms with Gasteiger partial charge in [-0.3, -0.25) is 9.78 Å². The molecule has 0 aliphatic rings. The minimum absolute atomic E-state index is 0. The first-order chi connectivity index (χ1) is 14.7. The summed E-state index contributed by atoms with van der Waals surface area (Å²) in [7, 11) is 0. The van der Waals surface area contributed by atoms with Crippen molar-refractivity contribution in [2.24, 2.45) is 0 Å². The Morgan fingerprint density at radius 3 is 1.90 bits per heavy atom. The minimum atomic E-state index is -0.319. The summed E-state index contributed by atoms with van der Waals surface area (Å²) < 4.78 is 0. The fraction of sp³-hybridized carbons (Fsp3) is 0.308. The van der Waals surface area contributed by atoms with Crippen LogP contribution in [0.2, 0.25) is 0 Å². The molecule has 0 bridgehead atoms. The quantitative estimate of drug-likeness (QED) is 0.447. The fourth-order valence-electron chi connectivity index (χ4n) is 3.73. The van der Waals surface area contributed by atoms with Crippen molar-refractivity contribution in [1.82, 2.24) is 14.8 Å². The third-order valence-electron chi connectivity index (χ3n) is 5.50. The number of aromatic nitrogens is 1. The van der Waals surface area contributed by atoms with E-state index in [1.54, 1.807) is 6.20 Å². The SMILES string of the molecule is CCN(CC)CCN(Cc1cccnc1)C(=O)C(c1ccccc1)c1ccccc1.Cl. The Morgan fingerprint density at radius 2 is 1.42 bits per heavy atom. The Balaban J connectivity index is 0.00000341. The van der Waals surface area contributed by atoms with Gasteiger partial charge in [-0.15, -0.1) is 12.4 Å². The molecule has 0 saturated heterocycles. The molecule has 3 rings (SSSR count). The standard InChI is InChI=1S/C26H31N3O.ClH/c1-3-28(4-2)18-19-29(21-22-12-11-17-27-20-22)26(30)25(23-13-7-5-8-14-23)24-15-9-6-10-16-24;/h5-17,20,25H,3-4,18-19,21H2,1-2H3;1H. The largest absolute Gasteiger partial charge is 0.336 e. The highest BCUT2D eigenvalue weighted by Gasteiger charge is 2.27. The monoisotopic (exact) mass is 437 g/mol. The Kier molecular flexibility index (Phi) is 10.2. The molecule has 1 amide bonds. The molecule has 2 aromatic carbocycles. The summed E-state index contributed by atoms with van der Waals surface area (Å²) in [4.78, 5) is 22.5. The Morgan fingerprint density at radius 1 is 0.839 bits per heavy atom. The predicted molar refractivity (Wildman–Crippen MR) is 129 cm³/mol. The highest BCUT2D eigenvalue weighted by molar-refractivity contribution is 5.87. The van der Waals surface area contributed by atoms with Gasteiger partial charge in [-0.2, -0.15) is 0 Å². The van der Waals surface area contributed by atoms with E-state index in [4.69, 9.17) is 0 Å². The summed E-state index contributed by atoms with van der Waals surface area (Å²) in [5.74, 6) is -0.191.